The molecular weight excluding hydrogens is 312 g/mol. The van der Waals surface area contributed by atoms with Crippen LogP contribution in [0.2, 0.25) is 0 Å². The van der Waals surface area contributed by atoms with Gasteiger partial charge in [0, 0.05) is 45.9 Å². The van der Waals surface area contributed by atoms with Crippen LogP contribution in [0.1, 0.15) is 5.56 Å². The molecule has 0 radical (unpaired) electrons. The number of nitro groups is 1. The average Bonchev–Trinajstić information content (AvgIpc) is 2.61. The van der Waals surface area contributed by atoms with E-state index < -0.39 is 4.92 Å². The summed E-state index contributed by atoms with van der Waals surface area (Å²) in [6, 6.07) is 6.53. The molecule has 24 heavy (non-hydrogen) atoms. The molecule has 0 unspecified atom stereocenters. The topological polar surface area (TPSA) is 91.9 Å². The number of rotatable bonds is 8. The first-order valence-electron chi connectivity index (χ1n) is 7.88. The van der Waals surface area contributed by atoms with E-state index in [-0.39, 0.29) is 5.69 Å². The van der Waals surface area contributed by atoms with Crippen LogP contribution in [0.5, 0.6) is 0 Å². The largest absolute Gasteiger partial charge is 0.382 e. The van der Waals surface area contributed by atoms with Crippen LogP contribution in [0, 0.1) is 21.4 Å². The van der Waals surface area contributed by atoms with Crippen molar-refractivity contribution in [2.45, 2.75) is 0 Å². The molecule has 1 fully saturated rings. The number of piperazine rings is 1. The summed E-state index contributed by atoms with van der Waals surface area (Å²) in [7, 11) is 1.64. The Morgan fingerprint density at radius 3 is 2.62 bits per heavy atom. The molecule has 8 nitrogen and oxygen atoms in total. The quantitative estimate of drug-likeness (QED) is 0.401. The highest BCUT2D eigenvalue weighted by atomic mass is 16.6. The monoisotopic (exact) mass is 334 g/mol. The van der Waals surface area contributed by atoms with Crippen molar-refractivity contribution < 1.29 is 14.4 Å². The molecule has 1 aliphatic rings. The molecule has 130 valence electrons. The predicted octanol–water partition coefficient (Wildman–Crippen LogP) is 1.25. The van der Waals surface area contributed by atoms with Crippen molar-refractivity contribution >= 4 is 11.4 Å². The van der Waals surface area contributed by atoms with E-state index in [2.05, 4.69) is 4.90 Å². The Hall–Kier alpha value is -2.21. The number of benzene rings is 1. The molecule has 8 heteroatoms. The van der Waals surface area contributed by atoms with Crippen molar-refractivity contribution in [3.63, 3.8) is 0 Å². The molecule has 1 aromatic rings. The molecule has 1 heterocycles. The molecule has 0 amide bonds. The molecule has 0 bridgehead atoms. The van der Waals surface area contributed by atoms with E-state index in [1.54, 1.807) is 13.2 Å². The zero-order valence-corrected chi connectivity index (χ0v) is 13.8. The molecule has 0 atom stereocenters. The van der Waals surface area contributed by atoms with Gasteiger partial charge < -0.3 is 14.4 Å². The molecule has 0 spiro atoms. The van der Waals surface area contributed by atoms with Gasteiger partial charge in [0.2, 0.25) is 0 Å². The average molecular weight is 334 g/mol. The van der Waals surface area contributed by atoms with Gasteiger partial charge in [-0.2, -0.15) is 5.26 Å². The standard InChI is InChI=1S/C16H22N4O4/c1-23-10-11-24-9-8-18-4-6-19(7-5-18)16-12-14(13-17)2-3-15(16)20(21)22/h2-3,12H,4-11H2,1H3. The molecule has 1 aliphatic heterocycles. The van der Waals surface area contributed by atoms with Gasteiger partial charge in [0.1, 0.15) is 5.69 Å². The maximum atomic E-state index is 11.2. The van der Waals surface area contributed by atoms with Gasteiger partial charge in [0.05, 0.1) is 36.4 Å². The zero-order valence-electron chi connectivity index (χ0n) is 13.8. The Morgan fingerprint density at radius 2 is 2.00 bits per heavy atom. The van der Waals surface area contributed by atoms with Gasteiger partial charge in [-0.25, -0.2) is 0 Å². The fraction of sp³-hybridized carbons (Fsp3) is 0.562. The zero-order chi connectivity index (χ0) is 17.4. The fourth-order valence-corrected chi connectivity index (χ4v) is 2.65. The van der Waals surface area contributed by atoms with Crippen LogP contribution >= 0.6 is 0 Å². The van der Waals surface area contributed by atoms with Crippen LogP contribution in [-0.4, -0.2) is 69.5 Å². The number of nitrogens with zero attached hydrogens (tertiary/aromatic N) is 4. The van der Waals surface area contributed by atoms with Gasteiger partial charge in [-0.05, 0) is 12.1 Å². The maximum Gasteiger partial charge on any atom is 0.292 e. The Balaban J connectivity index is 1.90. The summed E-state index contributed by atoms with van der Waals surface area (Å²) in [5.74, 6) is 0. The predicted molar refractivity (Wildman–Crippen MR) is 89.2 cm³/mol. The molecule has 0 saturated carbocycles. The molecular formula is C16H22N4O4. The number of methoxy groups -OCH3 is 1. The number of hydrogen-bond donors (Lipinski definition) is 0. The summed E-state index contributed by atoms with van der Waals surface area (Å²) >= 11 is 0. The number of ether oxygens (including phenoxy) is 2. The molecule has 1 saturated heterocycles. The first-order valence-corrected chi connectivity index (χ1v) is 7.88. The van der Waals surface area contributed by atoms with Crippen LogP contribution in [0.15, 0.2) is 18.2 Å². The van der Waals surface area contributed by atoms with E-state index in [0.717, 1.165) is 19.6 Å². The molecule has 0 aliphatic carbocycles. The van der Waals surface area contributed by atoms with Gasteiger partial charge in [0.15, 0.2) is 0 Å². The minimum Gasteiger partial charge on any atom is -0.382 e. The first kappa shape index (κ1) is 18.1. The fourth-order valence-electron chi connectivity index (χ4n) is 2.65. The van der Waals surface area contributed by atoms with E-state index in [1.807, 2.05) is 11.0 Å². The van der Waals surface area contributed by atoms with Gasteiger partial charge >= 0.3 is 0 Å². The third-order valence-electron chi connectivity index (χ3n) is 4.00. The summed E-state index contributed by atoms with van der Waals surface area (Å²) < 4.78 is 10.4. The van der Waals surface area contributed by atoms with E-state index in [4.69, 9.17) is 14.7 Å². The highest BCUT2D eigenvalue weighted by Crippen LogP contribution is 2.29. The third-order valence-corrected chi connectivity index (χ3v) is 4.00. The summed E-state index contributed by atoms with van der Waals surface area (Å²) in [5.41, 5.74) is 1.00. The van der Waals surface area contributed by atoms with Crippen molar-refractivity contribution in [3.05, 3.63) is 33.9 Å². The summed E-state index contributed by atoms with van der Waals surface area (Å²) in [6.45, 7) is 5.65. The highest BCUT2D eigenvalue weighted by molar-refractivity contribution is 5.66. The van der Waals surface area contributed by atoms with E-state index >= 15 is 0 Å². The van der Waals surface area contributed by atoms with Gasteiger partial charge in [-0.15, -0.1) is 0 Å². The van der Waals surface area contributed by atoms with Crippen molar-refractivity contribution in [3.8, 4) is 6.07 Å². The lowest BCUT2D eigenvalue weighted by Crippen LogP contribution is -2.47. The minimum absolute atomic E-state index is 0.0466. The summed E-state index contributed by atoms with van der Waals surface area (Å²) in [5, 5.41) is 20.2. The number of nitriles is 1. The van der Waals surface area contributed by atoms with Crippen molar-refractivity contribution in [2.75, 3.05) is 64.6 Å². The lowest BCUT2D eigenvalue weighted by molar-refractivity contribution is -0.384. The summed E-state index contributed by atoms with van der Waals surface area (Å²) in [6.07, 6.45) is 0. The first-order chi connectivity index (χ1) is 11.7. The van der Waals surface area contributed by atoms with E-state index in [9.17, 15) is 10.1 Å². The second kappa shape index (κ2) is 9.17. The molecule has 0 N–H and O–H groups in total. The van der Waals surface area contributed by atoms with Crippen LogP contribution in [0.4, 0.5) is 11.4 Å². The lowest BCUT2D eigenvalue weighted by Gasteiger charge is -2.35. The summed E-state index contributed by atoms with van der Waals surface area (Å²) in [4.78, 5) is 15.1. The van der Waals surface area contributed by atoms with Crippen molar-refractivity contribution in [1.29, 1.82) is 5.26 Å². The van der Waals surface area contributed by atoms with Gasteiger partial charge in [-0.1, -0.05) is 0 Å². The van der Waals surface area contributed by atoms with Crippen molar-refractivity contribution in [1.82, 2.24) is 4.90 Å². The molecule has 1 aromatic carbocycles. The van der Waals surface area contributed by atoms with Crippen LogP contribution in [-0.2, 0) is 9.47 Å². The van der Waals surface area contributed by atoms with Crippen molar-refractivity contribution in [2.24, 2.45) is 0 Å². The minimum atomic E-state index is -0.396. The Kier molecular flexibility index (Phi) is 6.93. The second-order valence-corrected chi connectivity index (χ2v) is 5.51. The number of anilines is 1. The highest BCUT2D eigenvalue weighted by Gasteiger charge is 2.24. The Labute approximate surface area is 141 Å². The van der Waals surface area contributed by atoms with E-state index in [0.29, 0.717) is 44.2 Å². The second-order valence-electron chi connectivity index (χ2n) is 5.51. The lowest BCUT2D eigenvalue weighted by atomic mass is 10.1. The smallest absolute Gasteiger partial charge is 0.292 e. The number of hydrogen-bond acceptors (Lipinski definition) is 7. The third kappa shape index (κ3) is 4.89. The van der Waals surface area contributed by atoms with Crippen LogP contribution in [0.25, 0.3) is 0 Å². The molecule has 0 aromatic heterocycles. The van der Waals surface area contributed by atoms with Gasteiger partial charge in [0.25, 0.3) is 5.69 Å². The number of nitro benzene ring substituents is 1. The van der Waals surface area contributed by atoms with Gasteiger partial charge in [-0.3, -0.25) is 15.0 Å². The van der Waals surface area contributed by atoms with Crippen LogP contribution < -0.4 is 4.90 Å². The molecule has 2 rings (SSSR count). The normalized spacial score (nSPS) is 15.2. The Bertz CT molecular complexity index is 594. The SMILES string of the molecule is COCCOCCN1CCN(c2cc(C#N)ccc2[N+](=O)[O-])CC1. The maximum absolute atomic E-state index is 11.2. The van der Waals surface area contributed by atoms with Crippen LogP contribution in [0.3, 0.4) is 0 Å². The van der Waals surface area contributed by atoms with E-state index in [1.165, 1.54) is 12.1 Å². The Morgan fingerprint density at radius 1 is 1.25 bits per heavy atom.